The SMILES string of the molecule is Cc1ccc2ccccc2c1N1C(N)=NC(N)=NC1(C)C. The molecule has 1 heterocycles. The molecule has 108 valence electrons. The van der Waals surface area contributed by atoms with E-state index in [1.165, 1.54) is 0 Å². The van der Waals surface area contributed by atoms with Crippen LogP contribution in [0, 0.1) is 6.92 Å². The summed E-state index contributed by atoms with van der Waals surface area (Å²) in [5, 5.41) is 2.28. The molecule has 0 fully saturated rings. The first-order chi connectivity index (χ1) is 9.90. The number of benzene rings is 2. The highest BCUT2D eigenvalue weighted by atomic mass is 15.4. The van der Waals surface area contributed by atoms with Crippen molar-refractivity contribution >= 4 is 28.4 Å². The molecule has 5 nitrogen and oxygen atoms in total. The number of nitrogens with zero attached hydrogens (tertiary/aromatic N) is 3. The predicted octanol–water partition coefficient (Wildman–Crippen LogP) is 2.33. The van der Waals surface area contributed by atoms with Gasteiger partial charge in [0, 0.05) is 5.39 Å². The van der Waals surface area contributed by atoms with E-state index in [1.54, 1.807) is 0 Å². The van der Waals surface area contributed by atoms with Crippen LogP contribution in [0.25, 0.3) is 10.8 Å². The van der Waals surface area contributed by atoms with Gasteiger partial charge in [0.2, 0.25) is 11.9 Å². The summed E-state index contributed by atoms with van der Waals surface area (Å²) in [6.45, 7) is 6.01. The van der Waals surface area contributed by atoms with Crippen LogP contribution in [0.1, 0.15) is 19.4 Å². The van der Waals surface area contributed by atoms with Gasteiger partial charge in [0.25, 0.3) is 0 Å². The van der Waals surface area contributed by atoms with E-state index in [-0.39, 0.29) is 5.96 Å². The minimum atomic E-state index is -0.579. The van der Waals surface area contributed by atoms with Crippen LogP contribution in [0.3, 0.4) is 0 Å². The zero-order valence-corrected chi connectivity index (χ0v) is 12.5. The molecule has 0 spiro atoms. The van der Waals surface area contributed by atoms with Crippen molar-refractivity contribution in [3.8, 4) is 0 Å². The van der Waals surface area contributed by atoms with E-state index < -0.39 is 5.66 Å². The number of guanidine groups is 2. The highest BCUT2D eigenvalue weighted by molar-refractivity contribution is 6.10. The van der Waals surface area contributed by atoms with E-state index in [2.05, 4.69) is 41.2 Å². The summed E-state index contributed by atoms with van der Waals surface area (Å²) in [6, 6.07) is 12.4. The maximum Gasteiger partial charge on any atom is 0.220 e. The Balaban J connectivity index is 2.30. The van der Waals surface area contributed by atoms with E-state index in [0.29, 0.717) is 5.96 Å². The number of anilines is 1. The molecule has 2 aromatic rings. The average molecular weight is 281 g/mol. The van der Waals surface area contributed by atoms with Crippen LogP contribution in [0.2, 0.25) is 0 Å². The summed E-state index contributed by atoms with van der Waals surface area (Å²) in [5.41, 5.74) is 13.5. The first-order valence-electron chi connectivity index (χ1n) is 6.88. The fraction of sp³-hybridized carbons (Fsp3) is 0.250. The Morgan fingerprint density at radius 2 is 1.76 bits per heavy atom. The third-order valence-corrected chi connectivity index (χ3v) is 3.72. The van der Waals surface area contributed by atoms with Crippen molar-refractivity contribution in [2.45, 2.75) is 26.4 Å². The molecular formula is C16H19N5. The van der Waals surface area contributed by atoms with Crippen LogP contribution in [-0.4, -0.2) is 17.6 Å². The molecule has 5 heteroatoms. The van der Waals surface area contributed by atoms with Gasteiger partial charge in [-0.3, -0.25) is 4.90 Å². The van der Waals surface area contributed by atoms with Gasteiger partial charge in [-0.25, -0.2) is 4.99 Å². The van der Waals surface area contributed by atoms with E-state index >= 15 is 0 Å². The van der Waals surface area contributed by atoms with E-state index in [1.807, 2.05) is 30.9 Å². The molecule has 0 radical (unpaired) electrons. The van der Waals surface area contributed by atoms with Crippen molar-refractivity contribution in [2.24, 2.45) is 21.5 Å². The van der Waals surface area contributed by atoms with E-state index in [9.17, 15) is 0 Å². The zero-order chi connectivity index (χ0) is 15.2. The fourth-order valence-electron chi connectivity index (χ4n) is 2.85. The third kappa shape index (κ3) is 2.11. The van der Waals surface area contributed by atoms with Gasteiger partial charge in [0.1, 0.15) is 5.66 Å². The second kappa shape index (κ2) is 4.48. The second-order valence-electron chi connectivity index (χ2n) is 5.72. The summed E-state index contributed by atoms with van der Waals surface area (Å²) < 4.78 is 0. The summed E-state index contributed by atoms with van der Waals surface area (Å²) in [6.07, 6.45) is 0. The number of fused-ring (bicyclic) bond motifs is 1. The summed E-state index contributed by atoms with van der Waals surface area (Å²) in [4.78, 5) is 10.5. The Morgan fingerprint density at radius 3 is 2.48 bits per heavy atom. The standard InChI is InChI=1S/C16H19N5/c1-10-8-9-11-6-4-5-7-12(11)13(10)21-15(18)19-14(17)20-16(21,2)3/h4-9H,1-3H3,(H4,17,18,19,20). The Kier molecular flexibility index (Phi) is 2.86. The topological polar surface area (TPSA) is 80.0 Å². The molecule has 0 aromatic heterocycles. The fourth-order valence-corrected chi connectivity index (χ4v) is 2.85. The number of hydrogen-bond acceptors (Lipinski definition) is 5. The van der Waals surface area contributed by atoms with Gasteiger partial charge in [-0.05, 0) is 31.7 Å². The number of nitrogens with two attached hydrogens (primary N) is 2. The van der Waals surface area contributed by atoms with Gasteiger partial charge in [0.15, 0.2) is 0 Å². The Hall–Kier alpha value is -2.56. The van der Waals surface area contributed by atoms with Gasteiger partial charge in [-0.15, -0.1) is 0 Å². The van der Waals surface area contributed by atoms with Crippen molar-refractivity contribution < 1.29 is 0 Å². The number of aliphatic imine (C=N–C) groups is 2. The molecule has 2 aromatic carbocycles. The molecule has 4 N–H and O–H groups in total. The number of hydrogen-bond donors (Lipinski definition) is 2. The number of rotatable bonds is 1. The molecule has 0 aliphatic carbocycles. The van der Waals surface area contributed by atoms with E-state index in [0.717, 1.165) is 22.0 Å². The summed E-state index contributed by atoms with van der Waals surface area (Å²) in [5.74, 6) is 0.582. The monoisotopic (exact) mass is 281 g/mol. The van der Waals surface area contributed by atoms with Gasteiger partial charge >= 0.3 is 0 Å². The molecule has 0 amide bonds. The van der Waals surface area contributed by atoms with Crippen LogP contribution in [0.5, 0.6) is 0 Å². The van der Waals surface area contributed by atoms with Crippen LogP contribution in [-0.2, 0) is 0 Å². The molecular weight excluding hydrogens is 262 g/mol. The average Bonchev–Trinajstić information content (AvgIpc) is 2.39. The van der Waals surface area contributed by atoms with Gasteiger partial charge in [-0.1, -0.05) is 36.4 Å². The minimum Gasteiger partial charge on any atom is -0.369 e. The summed E-state index contributed by atoms with van der Waals surface area (Å²) >= 11 is 0. The van der Waals surface area contributed by atoms with Crippen LogP contribution in [0.15, 0.2) is 46.4 Å². The van der Waals surface area contributed by atoms with Crippen molar-refractivity contribution in [1.82, 2.24) is 0 Å². The third-order valence-electron chi connectivity index (χ3n) is 3.72. The lowest BCUT2D eigenvalue weighted by Crippen LogP contribution is -2.54. The Morgan fingerprint density at radius 1 is 1.05 bits per heavy atom. The zero-order valence-electron chi connectivity index (χ0n) is 12.5. The quantitative estimate of drug-likeness (QED) is 0.842. The normalized spacial score (nSPS) is 17.6. The second-order valence-corrected chi connectivity index (χ2v) is 5.72. The van der Waals surface area contributed by atoms with Crippen LogP contribution >= 0.6 is 0 Å². The maximum absolute atomic E-state index is 6.15. The minimum absolute atomic E-state index is 0.214. The summed E-state index contributed by atoms with van der Waals surface area (Å²) in [7, 11) is 0. The van der Waals surface area contributed by atoms with E-state index in [4.69, 9.17) is 11.5 Å². The first kappa shape index (κ1) is 13.4. The molecule has 0 unspecified atom stereocenters. The molecule has 1 aliphatic rings. The maximum atomic E-state index is 6.15. The molecule has 0 bridgehead atoms. The van der Waals surface area contributed by atoms with Gasteiger partial charge < -0.3 is 11.5 Å². The lowest BCUT2D eigenvalue weighted by molar-refractivity contribution is 0.534. The molecule has 3 rings (SSSR count). The van der Waals surface area contributed by atoms with Crippen LogP contribution < -0.4 is 16.4 Å². The Labute approximate surface area is 124 Å². The molecule has 0 atom stereocenters. The Bertz CT molecular complexity index is 773. The lowest BCUT2D eigenvalue weighted by atomic mass is 10.0. The van der Waals surface area contributed by atoms with Crippen molar-refractivity contribution in [2.75, 3.05) is 4.90 Å². The van der Waals surface area contributed by atoms with Crippen LogP contribution in [0.4, 0.5) is 5.69 Å². The molecule has 0 saturated heterocycles. The predicted molar refractivity (Wildman–Crippen MR) is 88.5 cm³/mol. The first-order valence-corrected chi connectivity index (χ1v) is 6.88. The van der Waals surface area contributed by atoms with Gasteiger partial charge in [0.05, 0.1) is 5.69 Å². The smallest absolute Gasteiger partial charge is 0.220 e. The van der Waals surface area contributed by atoms with Gasteiger partial charge in [-0.2, -0.15) is 4.99 Å². The highest BCUT2D eigenvalue weighted by Crippen LogP contribution is 2.36. The van der Waals surface area contributed by atoms with Crippen molar-refractivity contribution in [3.63, 3.8) is 0 Å². The number of aryl methyl sites for hydroxylation is 1. The highest BCUT2D eigenvalue weighted by Gasteiger charge is 2.34. The van der Waals surface area contributed by atoms with Crippen molar-refractivity contribution in [3.05, 3.63) is 42.0 Å². The molecule has 0 saturated carbocycles. The largest absolute Gasteiger partial charge is 0.369 e. The molecule has 1 aliphatic heterocycles. The molecule has 21 heavy (non-hydrogen) atoms. The van der Waals surface area contributed by atoms with Crippen molar-refractivity contribution in [1.29, 1.82) is 0 Å². The lowest BCUT2D eigenvalue weighted by Gasteiger charge is -2.39.